The number of ether oxygens (including phenoxy) is 1. The van der Waals surface area contributed by atoms with Crippen LogP contribution in [-0.2, 0) is 4.74 Å². The maximum Gasteiger partial charge on any atom is 0.0868 e. The van der Waals surface area contributed by atoms with Crippen molar-refractivity contribution in [3.63, 3.8) is 0 Å². The van der Waals surface area contributed by atoms with Gasteiger partial charge in [-0.3, -0.25) is 0 Å². The first-order valence-electron chi connectivity index (χ1n) is 7.16. The summed E-state index contributed by atoms with van der Waals surface area (Å²) in [6.07, 6.45) is 4.22. The van der Waals surface area contributed by atoms with Gasteiger partial charge >= 0.3 is 0 Å². The molecule has 0 radical (unpaired) electrons. The van der Waals surface area contributed by atoms with E-state index in [-0.39, 0.29) is 0 Å². The lowest BCUT2D eigenvalue weighted by molar-refractivity contribution is 0.0899. The van der Waals surface area contributed by atoms with Gasteiger partial charge in [-0.2, -0.15) is 0 Å². The van der Waals surface area contributed by atoms with Crippen LogP contribution in [0.1, 0.15) is 42.1 Å². The molecular weight excluding hydrogens is 222 g/mol. The smallest absolute Gasteiger partial charge is 0.0868 e. The van der Waals surface area contributed by atoms with Gasteiger partial charge in [0, 0.05) is 25.1 Å². The topological polar surface area (TPSA) is 21.3 Å². The van der Waals surface area contributed by atoms with Crippen molar-refractivity contribution in [2.75, 3.05) is 13.2 Å². The quantitative estimate of drug-likeness (QED) is 0.880. The third kappa shape index (κ3) is 2.60. The van der Waals surface area contributed by atoms with Crippen molar-refractivity contribution in [2.45, 2.75) is 45.3 Å². The first-order valence-corrected chi connectivity index (χ1v) is 7.16. The molecule has 1 saturated heterocycles. The lowest BCUT2D eigenvalue weighted by atomic mass is 9.91. The molecule has 2 heteroatoms. The Morgan fingerprint density at radius 3 is 2.83 bits per heavy atom. The molecular formula is C16H23NO. The highest BCUT2D eigenvalue weighted by molar-refractivity contribution is 5.33. The van der Waals surface area contributed by atoms with Crippen molar-refractivity contribution in [3.05, 3.63) is 34.9 Å². The average molecular weight is 245 g/mol. The molecule has 1 aromatic carbocycles. The van der Waals surface area contributed by atoms with E-state index >= 15 is 0 Å². The van der Waals surface area contributed by atoms with Gasteiger partial charge in [0.1, 0.15) is 0 Å². The molecule has 2 unspecified atom stereocenters. The van der Waals surface area contributed by atoms with Gasteiger partial charge in [0.2, 0.25) is 0 Å². The zero-order valence-electron chi connectivity index (χ0n) is 11.4. The summed E-state index contributed by atoms with van der Waals surface area (Å²) in [5.74, 6) is 0.645. The minimum Gasteiger partial charge on any atom is -0.373 e. The number of hydrogen-bond acceptors (Lipinski definition) is 2. The number of rotatable bonds is 4. The van der Waals surface area contributed by atoms with Crippen LogP contribution >= 0.6 is 0 Å². The highest BCUT2D eigenvalue weighted by Gasteiger charge is 2.32. The van der Waals surface area contributed by atoms with Crippen LogP contribution in [-0.4, -0.2) is 19.2 Å². The minimum atomic E-state index is 0.302. The monoisotopic (exact) mass is 245 g/mol. The van der Waals surface area contributed by atoms with Crippen molar-refractivity contribution in [1.82, 2.24) is 5.32 Å². The summed E-state index contributed by atoms with van der Waals surface area (Å²) in [4.78, 5) is 0. The maximum atomic E-state index is 6.00. The predicted molar refractivity (Wildman–Crippen MR) is 73.7 cm³/mol. The number of nitrogens with one attached hydrogen (secondary N) is 1. The van der Waals surface area contributed by atoms with E-state index in [2.05, 4.69) is 37.4 Å². The molecule has 98 valence electrons. The molecule has 1 aliphatic heterocycles. The Hall–Kier alpha value is -0.860. The number of aryl methyl sites for hydroxylation is 2. The highest BCUT2D eigenvalue weighted by Crippen LogP contribution is 2.36. The summed E-state index contributed by atoms with van der Waals surface area (Å²) >= 11 is 0. The van der Waals surface area contributed by atoms with Crippen molar-refractivity contribution < 1.29 is 4.74 Å². The number of hydrogen-bond donors (Lipinski definition) is 1. The van der Waals surface area contributed by atoms with Gasteiger partial charge in [-0.15, -0.1) is 0 Å². The van der Waals surface area contributed by atoms with Crippen LogP contribution in [0.3, 0.4) is 0 Å². The van der Waals surface area contributed by atoms with E-state index in [0.717, 1.165) is 19.2 Å². The van der Waals surface area contributed by atoms with Crippen molar-refractivity contribution in [2.24, 2.45) is 5.92 Å². The van der Waals surface area contributed by atoms with Crippen LogP contribution < -0.4 is 5.32 Å². The first kappa shape index (κ1) is 12.2. The molecule has 1 heterocycles. The summed E-state index contributed by atoms with van der Waals surface area (Å²) in [5, 5.41) is 3.65. The Bertz CT molecular complexity index is 425. The molecule has 2 atom stereocenters. The van der Waals surface area contributed by atoms with Gasteiger partial charge in [0.05, 0.1) is 6.10 Å². The van der Waals surface area contributed by atoms with E-state index in [0.29, 0.717) is 12.0 Å². The molecule has 1 N–H and O–H groups in total. The molecule has 0 spiro atoms. The summed E-state index contributed by atoms with van der Waals surface area (Å²) in [6, 6.07) is 7.50. The standard InChI is InChI=1S/C16H23NO/c1-11-3-4-12(2)15(9-11)16-13(7-8-18-16)10-17-14-5-6-14/h3-4,9,13-14,16-17H,5-8,10H2,1-2H3. The normalized spacial score (nSPS) is 27.7. The Labute approximate surface area is 110 Å². The molecule has 1 aromatic rings. The lowest BCUT2D eigenvalue weighted by Crippen LogP contribution is -2.26. The third-order valence-electron chi connectivity index (χ3n) is 4.20. The molecule has 2 fully saturated rings. The van der Waals surface area contributed by atoms with Gasteiger partial charge in [0.25, 0.3) is 0 Å². The van der Waals surface area contributed by atoms with Gasteiger partial charge < -0.3 is 10.1 Å². The Balaban J connectivity index is 1.73. The third-order valence-corrected chi connectivity index (χ3v) is 4.20. The highest BCUT2D eigenvalue weighted by atomic mass is 16.5. The van der Waals surface area contributed by atoms with Crippen molar-refractivity contribution in [3.8, 4) is 0 Å². The fraction of sp³-hybridized carbons (Fsp3) is 0.625. The van der Waals surface area contributed by atoms with Crippen LogP contribution in [0.4, 0.5) is 0 Å². The van der Waals surface area contributed by atoms with Gasteiger partial charge in [-0.1, -0.05) is 23.8 Å². The van der Waals surface area contributed by atoms with E-state index in [1.807, 2.05) is 0 Å². The van der Waals surface area contributed by atoms with Crippen LogP contribution in [0.5, 0.6) is 0 Å². The summed E-state index contributed by atoms with van der Waals surface area (Å²) in [7, 11) is 0. The molecule has 2 nitrogen and oxygen atoms in total. The van der Waals surface area contributed by atoms with E-state index in [4.69, 9.17) is 4.74 Å². The van der Waals surface area contributed by atoms with E-state index < -0.39 is 0 Å². The van der Waals surface area contributed by atoms with E-state index in [9.17, 15) is 0 Å². The van der Waals surface area contributed by atoms with Crippen LogP contribution in [0.25, 0.3) is 0 Å². The Morgan fingerprint density at radius 2 is 2.06 bits per heavy atom. The molecule has 3 rings (SSSR count). The van der Waals surface area contributed by atoms with Crippen molar-refractivity contribution in [1.29, 1.82) is 0 Å². The largest absolute Gasteiger partial charge is 0.373 e. The minimum absolute atomic E-state index is 0.302. The Kier molecular flexibility index (Phi) is 3.40. The van der Waals surface area contributed by atoms with Gasteiger partial charge in [0.15, 0.2) is 0 Å². The first-order chi connectivity index (χ1) is 8.74. The molecule has 2 aliphatic rings. The molecule has 0 aromatic heterocycles. The molecule has 18 heavy (non-hydrogen) atoms. The zero-order chi connectivity index (χ0) is 12.5. The van der Waals surface area contributed by atoms with Crippen LogP contribution in [0.2, 0.25) is 0 Å². The van der Waals surface area contributed by atoms with Crippen LogP contribution in [0, 0.1) is 19.8 Å². The second kappa shape index (κ2) is 5.02. The SMILES string of the molecule is Cc1ccc(C)c(C2OCCC2CNC2CC2)c1. The summed E-state index contributed by atoms with van der Waals surface area (Å²) < 4.78 is 6.00. The lowest BCUT2D eigenvalue weighted by Gasteiger charge is -2.21. The maximum absolute atomic E-state index is 6.00. The average Bonchev–Trinajstić information content (AvgIpc) is 3.08. The second-order valence-electron chi connectivity index (χ2n) is 5.88. The van der Waals surface area contributed by atoms with Crippen LogP contribution in [0.15, 0.2) is 18.2 Å². The fourth-order valence-corrected chi connectivity index (χ4v) is 2.86. The molecule has 1 aliphatic carbocycles. The molecule has 0 amide bonds. The summed E-state index contributed by atoms with van der Waals surface area (Å²) in [6.45, 7) is 6.38. The Morgan fingerprint density at radius 1 is 1.22 bits per heavy atom. The second-order valence-corrected chi connectivity index (χ2v) is 5.88. The summed E-state index contributed by atoms with van der Waals surface area (Å²) in [5.41, 5.74) is 4.10. The molecule has 0 bridgehead atoms. The van der Waals surface area contributed by atoms with Gasteiger partial charge in [-0.05, 0) is 44.2 Å². The van der Waals surface area contributed by atoms with Crippen molar-refractivity contribution >= 4 is 0 Å². The fourth-order valence-electron chi connectivity index (χ4n) is 2.86. The zero-order valence-corrected chi connectivity index (χ0v) is 11.4. The molecule has 1 saturated carbocycles. The predicted octanol–water partition coefficient (Wildman–Crippen LogP) is 3.13. The number of benzene rings is 1. The van der Waals surface area contributed by atoms with Gasteiger partial charge in [-0.25, -0.2) is 0 Å². The van der Waals surface area contributed by atoms with E-state index in [1.165, 1.54) is 36.0 Å². The van der Waals surface area contributed by atoms with E-state index in [1.54, 1.807) is 0 Å².